The standard InChI is InChI=1S/C18H11BrN2O5/c19-12-5-7-13(8-6-12)21-16(23)14(15(22)20-18(21)26)9-10-1-3-11(4-2-10)17(24)25/h1-9H,(H,24,25)(H,20,22,26). The fraction of sp³-hybridized carbons (Fsp3) is 0. The third kappa shape index (κ3) is 3.40. The first-order chi connectivity index (χ1) is 12.4. The van der Waals surface area contributed by atoms with Crippen LogP contribution in [0.4, 0.5) is 10.5 Å². The highest BCUT2D eigenvalue weighted by molar-refractivity contribution is 9.10. The maximum Gasteiger partial charge on any atom is 0.335 e. The summed E-state index contributed by atoms with van der Waals surface area (Å²) in [7, 11) is 0. The minimum Gasteiger partial charge on any atom is -0.478 e. The molecule has 7 nitrogen and oxygen atoms in total. The average Bonchev–Trinajstić information content (AvgIpc) is 2.60. The number of hydrogen-bond acceptors (Lipinski definition) is 4. The molecule has 1 fully saturated rings. The zero-order valence-electron chi connectivity index (χ0n) is 13.1. The predicted molar refractivity (Wildman–Crippen MR) is 96.5 cm³/mol. The second-order valence-electron chi connectivity index (χ2n) is 5.36. The van der Waals surface area contributed by atoms with E-state index in [0.717, 1.165) is 9.37 Å². The van der Waals surface area contributed by atoms with Crippen molar-refractivity contribution in [3.63, 3.8) is 0 Å². The summed E-state index contributed by atoms with van der Waals surface area (Å²) in [4.78, 5) is 48.6. The van der Waals surface area contributed by atoms with Gasteiger partial charge >= 0.3 is 12.0 Å². The van der Waals surface area contributed by atoms with Crippen molar-refractivity contribution in [2.75, 3.05) is 4.90 Å². The molecular formula is C18H11BrN2O5. The minimum absolute atomic E-state index is 0.0817. The number of urea groups is 1. The van der Waals surface area contributed by atoms with Crippen LogP contribution in [0.2, 0.25) is 0 Å². The van der Waals surface area contributed by atoms with Crippen molar-refractivity contribution in [3.8, 4) is 0 Å². The van der Waals surface area contributed by atoms with Gasteiger partial charge in [0.2, 0.25) is 0 Å². The number of halogens is 1. The van der Waals surface area contributed by atoms with Gasteiger partial charge in [-0.25, -0.2) is 14.5 Å². The number of carbonyl (C=O) groups is 4. The first kappa shape index (κ1) is 17.6. The number of nitrogens with zero attached hydrogens (tertiary/aromatic N) is 1. The van der Waals surface area contributed by atoms with Crippen molar-refractivity contribution < 1.29 is 24.3 Å². The van der Waals surface area contributed by atoms with Crippen LogP contribution in [-0.2, 0) is 9.59 Å². The average molecular weight is 415 g/mol. The Balaban J connectivity index is 1.96. The number of anilines is 1. The number of imide groups is 2. The number of amides is 4. The van der Waals surface area contributed by atoms with Gasteiger partial charge in [-0.15, -0.1) is 0 Å². The molecular weight excluding hydrogens is 404 g/mol. The van der Waals surface area contributed by atoms with Crippen LogP contribution < -0.4 is 10.2 Å². The third-order valence-electron chi connectivity index (χ3n) is 3.66. The quantitative estimate of drug-likeness (QED) is 0.593. The molecule has 8 heteroatoms. The summed E-state index contributed by atoms with van der Waals surface area (Å²) in [5.74, 6) is -2.65. The maximum atomic E-state index is 12.7. The lowest BCUT2D eigenvalue weighted by molar-refractivity contribution is -0.122. The van der Waals surface area contributed by atoms with Crippen molar-refractivity contribution in [2.45, 2.75) is 0 Å². The highest BCUT2D eigenvalue weighted by Crippen LogP contribution is 2.23. The predicted octanol–water partition coefficient (Wildman–Crippen LogP) is 2.81. The number of carboxylic acids is 1. The van der Waals surface area contributed by atoms with E-state index in [1.54, 1.807) is 24.3 Å². The van der Waals surface area contributed by atoms with Gasteiger partial charge in [0.1, 0.15) is 5.57 Å². The number of aromatic carboxylic acids is 1. The van der Waals surface area contributed by atoms with Gasteiger partial charge in [-0.05, 0) is 48.0 Å². The lowest BCUT2D eigenvalue weighted by Crippen LogP contribution is -2.54. The van der Waals surface area contributed by atoms with Gasteiger partial charge in [-0.3, -0.25) is 14.9 Å². The number of carboxylic acid groups (broad SMARTS) is 1. The Morgan fingerprint density at radius 1 is 1.00 bits per heavy atom. The molecule has 1 aliphatic rings. The largest absolute Gasteiger partial charge is 0.478 e. The summed E-state index contributed by atoms with van der Waals surface area (Å²) in [5, 5.41) is 11.0. The lowest BCUT2D eigenvalue weighted by atomic mass is 10.1. The SMILES string of the molecule is O=C1NC(=O)N(c2ccc(Br)cc2)C(=O)C1=Cc1ccc(C(=O)O)cc1. The Morgan fingerprint density at radius 3 is 2.19 bits per heavy atom. The molecule has 0 aromatic heterocycles. The van der Waals surface area contributed by atoms with E-state index in [0.29, 0.717) is 11.3 Å². The van der Waals surface area contributed by atoms with Crippen LogP contribution in [0.5, 0.6) is 0 Å². The minimum atomic E-state index is -1.08. The molecule has 0 aliphatic carbocycles. The molecule has 130 valence electrons. The molecule has 0 radical (unpaired) electrons. The van der Waals surface area contributed by atoms with Gasteiger partial charge in [-0.1, -0.05) is 28.1 Å². The zero-order valence-corrected chi connectivity index (χ0v) is 14.7. The molecule has 0 atom stereocenters. The van der Waals surface area contributed by atoms with Gasteiger partial charge < -0.3 is 5.11 Å². The van der Waals surface area contributed by atoms with Crippen LogP contribution in [0.3, 0.4) is 0 Å². The van der Waals surface area contributed by atoms with Crippen LogP contribution in [-0.4, -0.2) is 28.9 Å². The van der Waals surface area contributed by atoms with Gasteiger partial charge in [0.25, 0.3) is 11.8 Å². The Bertz CT molecular complexity index is 949. The van der Waals surface area contributed by atoms with E-state index in [9.17, 15) is 19.2 Å². The number of barbiturate groups is 1. The summed E-state index contributed by atoms with van der Waals surface area (Å²) in [6, 6.07) is 11.3. The Kier molecular flexibility index (Phi) is 4.68. The van der Waals surface area contributed by atoms with Crippen LogP contribution >= 0.6 is 15.9 Å². The van der Waals surface area contributed by atoms with E-state index in [2.05, 4.69) is 21.2 Å². The first-order valence-electron chi connectivity index (χ1n) is 7.37. The highest BCUT2D eigenvalue weighted by Gasteiger charge is 2.36. The summed E-state index contributed by atoms with van der Waals surface area (Å²) in [6.07, 6.45) is 1.31. The normalized spacial score (nSPS) is 16.0. The van der Waals surface area contributed by atoms with E-state index < -0.39 is 23.8 Å². The number of hydrogen-bond donors (Lipinski definition) is 2. The molecule has 2 N–H and O–H groups in total. The van der Waals surface area contributed by atoms with E-state index in [1.165, 1.54) is 30.3 Å². The number of nitrogens with one attached hydrogen (secondary N) is 1. The highest BCUT2D eigenvalue weighted by atomic mass is 79.9. The van der Waals surface area contributed by atoms with E-state index in [4.69, 9.17) is 5.11 Å². The summed E-state index contributed by atoms with van der Waals surface area (Å²) in [6.45, 7) is 0. The molecule has 1 aliphatic heterocycles. The maximum absolute atomic E-state index is 12.7. The monoisotopic (exact) mass is 414 g/mol. The molecule has 0 saturated carbocycles. The lowest BCUT2D eigenvalue weighted by Gasteiger charge is -2.26. The molecule has 1 saturated heterocycles. The van der Waals surface area contributed by atoms with Gasteiger partial charge in [-0.2, -0.15) is 0 Å². The van der Waals surface area contributed by atoms with Crippen LogP contribution in [0, 0.1) is 0 Å². The fourth-order valence-electron chi connectivity index (χ4n) is 2.37. The van der Waals surface area contributed by atoms with E-state index in [1.807, 2.05) is 0 Å². The second kappa shape index (κ2) is 6.93. The van der Waals surface area contributed by atoms with E-state index in [-0.39, 0.29) is 11.1 Å². The summed E-state index contributed by atoms with van der Waals surface area (Å²) >= 11 is 3.27. The van der Waals surface area contributed by atoms with Gasteiger partial charge in [0, 0.05) is 4.47 Å². The Labute approximate surface area is 156 Å². The van der Waals surface area contributed by atoms with Crippen molar-refractivity contribution in [1.82, 2.24) is 5.32 Å². The molecule has 0 unspecified atom stereocenters. The molecule has 2 aromatic carbocycles. The fourth-order valence-corrected chi connectivity index (χ4v) is 2.64. The zero-order chi connectivity index (χ0) is 18.8. The Hall–Kier alpha value is -3.26. The molecule has 1 heterocycles. The number of carbonyl (C=O) groups excluding carboxylic acids is 3. The molecule has 26 heavy (non-hydrogen) atoms. The van der Waals surface area contributed by atoms with Crippen molar-refractivity contribution in [2.24, 2.45) is 0 Å². The molecule has 3 rings (SSSR count). The van der Waals surface area contributed by atoms with Crippen LogP contribution in [0.15, 0.2) is 58.6 Å². The van der Waals surface area contributed by atoms with Gasteiger partial charge in [0.05, 0.1) is 11.3 Å². The Morgan fingerprint density at radius 2 is 1.62 bits per heavy atom. The molecule has 4 amide bonds. The number of rotatable bonds is 3. The van der Waals surface area contributed by atoms with E-state index >= 15 is 0 Å². The van der Waals surface area contributed by atoms with Crippen molar-refractivity contribution in [3.05, 3.63) is 69.7 Å². The topological polar surface area (TPSA) is 104 Å². The molecule has 0 bridgehead atoms. The smallest absolute Gasteiger partial charge is 0.335 e. The second-order valence-corrected chi connectivity index (χ2v) is 6.28. The summed E-state index contributed by atoms with van der Waals surface area (Å²) in [5.41, 5.74) is 0.628. The van der Waals surface area contributed by atoms with Crippen LogP contribution in [0.1, 0.15) is 15.9 Å². The van der Waals surface area contributed by atoms with Crippen LogP contribution in [0.25, 0.3) is 6.08 Å². The molecule has 0 spiro atoms. The number of benzene rings is 2. The first-order valence-corrected chi connectivity index (χ1v) is 8.16. The summed E-state index contributed by atoms with van der Waals surface area (Å²) < 4.78 is 0.775. The van der Waals surface area contributed by atoms with Gasteiger partial charge in [0.15, 0.2) is 0 Å². The van der Waals surface area contributed by atoms with Crippen molar-refractivity contribution >= 4 is 51.5 Å². The van der Waals surface area contributed by atoms with Crippen molar-refractivity contribution in [1.29, 1.82) is 0 Å². The molecule has 2 aromatic rings. The third-order valence-corrected chi connectivity index (χ3v) is 4.18.